The van der Waals surface area contributed by atoms with E-state index >= 15 is 0 Å². The van der Waals surface area contributed by atoms with Crippen molar-refractivity contribution >= 4 is 0 Å². The van der Waals surface area contributed by atoms with E-state index in [4.69, 9.17) is 0 Å². The van der Waals surface area contributed by atoms with Gasteiger partial charge < -0.3 is 0 Å². The van der Waals surface area contributed by atoms with Gasteiger partial charge in [0.05, 0.1) is 16.9 Å². The van der Waals surface area contributed by atoms with Crippen LogP contribution in [-0.2, 0) is 6.18 Å². The second kappa shape index (κ2) is 8.49. The summed E-state index contributed by atoms with van der Waals surface area (Å²) in [6.07, 6.45) is -4.33. The summed E-state index contributed by atoms with van der Waals surface area (Å²) in [5.41, 5.74) is 1.34. The molecule has 0 aliphatic rings. The highest BCUT2D eigenvalue weighted by molar-refractivity contribution is 5.38. The van der Waals surface area contributed by atoms with Gasteiger partial charge in [-0.2, -0.15) is 18.3 Å². The maximum absolute atomic E-state index is 12.6. The fourth-order valence-electron chi connectivity index (χ4n) is 1.70. The zero-order valence-electron chi connectivity index (χ0n) is 13.4. The van der Waals surface area contributed by atoms with Crippen LogP contribution in [0.3, 0.4) is 0 Å². The van der Waals surface area contributed by atoms with Crippen LogP contribution in [0.4, 0.5) is 13.2 Å². The van der Waals surface area contributed by atoms with Gasteiger partial charge in [0, 0.05) is 5.69 Å². The highest BCUT2D eigenvalue weighted by Gasteiger charge is 2.30. The van der Waals surface area contributed by atoms with E-state index in [0.717, 1.165) is 23.5 Å². The number of hydrogen-bond acceptors (Lipinski definition) is 1. The zero-order valence-corrected chi connectivity index (χ0v) is 13.4. The van der Waals surface area contributed by atoms with Crippen molar-refractivity contribution < 1.29 is 13.2 Å². The Morgan fingerprint density at radius 2 is 1.52 bits per heavy atom. The van der Waals surface area contributed by atoms with Gasteiger partial charge in [-0.1, -0.05) is 33.8 Å². The fourth-order valence-corrected chi connectivity index (χ4v) is 1.70. The monoisotopic (exact) mass is 300 g/mol. The van der Waals surface area contributed by atoms with E-state index in [0.29, 0.717) is 5.69 Å². The molecule has 0 aliphatic heterocycles. The van der Waals surface area contributed by atoms with Crippen molar-refractivity contribution in [2.75, 3.05) is 0 Å². The van der Waals surface area contributed by atoms with Crippen LogP contribution >= 0.6 is 0 Å². The maximum Gasteiger partial charge on any atom is 0.416 e. The molecule has 2 nitrogen and oxygen atoms in total. The Hall–Kier alpha value is -1.78. The first-order valence-corrected chi connectivity index (χ1v) is 7.09. The molecule has 2 rings (SSSR count). The molecule has 1 heterocycles. The molecule has 0 atom stereocenters. The van der Waals surface area contributed by atoms with E-state index in [1.165, 1.54) is 10.7 Å². The molecular weight excluding hydrogens is 277 g/mol. The summed E-state index contributed by atoms with van der Waals surface area (Å²) in [7, 11) is 0. The van der Waals surface area contributed by atoms with Crippen molar-refractivity contribution in [3.63, 3.8) is 0 Å². The normalized spacial score (nSPS) is 10.1. The van der Waals surface area contributed by atoms with Crippen molar-refractivity contribution in [1.82, 2.24) is 9.78 Å². The van der Waals surface area contributed by atoms with E-state index in [-0.39, 0.29) is 0 Å². The summed E-state index contributed by atoms with van der Waals surface area (Å²) in [4.78, 5) is 0. The third-order valence-corrected chi connectivity index (χ3v) is 2.43. The van der Waals surface area contributed by atoms with Gasteiger partial charge in [0.25, 0.3) is 0 Å². The van der Waals surface area contributed by atoms with Crippen LogP contribution in [0.2, 0.25) is 0 Å². The average Bonchev–Trinajstić information content (AvgIpc) is 2.81. The first kappa shape index (κ1) is 19.2. The largest absolute Gasteiger partial charge is 0.416 e. The topological polar surface area (TPSA) is 17.8 Å². The van der Waals surface area contributed by atoms with Crippen LogP contribution in [0, 0.1) is 13.8 Å². The summed E-state index contributed by atoms with van der Waals surface area (Å²) in [6, 6.07) is 6.96. The Bertz CT molecular complexity index is 543. The molecule has 0 saturated carbocycles. The van der Waals surface area contributed by atoms with Crippen LogP contribution in [0.25, 0.3) is 5.69 Å². The third kappa shape index (κ3) is 5.25. The Morgan fingerprint density at radius 1 is 0.952 bits per heavy atom. The van der Waals surface area contributed by atoms with Crippen molar-refractivity contribution in [1.29, 1.82) is 0 Å². The molecule has 1 aromatic carbocycles. The molecule has 5 heteroatoms. The second-order valence-electron chi connectivity index (χ2n) is 3.89. The molecule has 0 bridgehead atoms. The minimum absolute atomic E-state index is 0.422. The predicted octanol–water partition coefficient (Wildman–Crippen LogP) is 5.56. The number of aromatic nitrogens is 2. The highest BCUT2D eigenvalue weighted by atomic mass is 19.4. The number of halogens is 3. The Kier molecular flexibility index (Phi) is 7.77. The molecular formula is C16H23F3N2. The number of benzene rings is 1. The number of hydrogen-bond donors (Lipinski definition) is 0. The molecule has 0 amide bonds. The molecule has 0 unspecified atom stereocenters. The quantitative estimate of drug-likeness (QED) is 0.674. The van der Waals surface area contributed by atoms with Crippen LogP contribution in [0.1, 0.15) is 44.6 Å². The Labute approximate surface area is 124 Å². The highest BCUT2D eigenvalue weighted by Crippen LogP contribution is 2.30. The Morgan fingerprint density at radius 3 is 1.95 bits per heavy atom. The van der Waals surface area contributed by atoms with E-state index < -0.39 is 11.7 Å². The third-order valence-electron chi connectivity index (χ3n) is 2.43. The van der Waals surface area contributed by atoms with Gasteiger partial charge >= 0.3 is 6.18 Å². The minimum Gasteiger partial charge on any atom is -0.238 e. The summed E-state index contributed by atoms with van der Waals surface area (Å²) in [5.74, 6) is 0. The number of nitrogens with zero attached hydrogens (tertiary/aromatic N) is 2. The van der Waals surface area contributed by atoms with Gasteiger partial charge in [0.1, 0.15) is 0 Å². The minimum atomic E-state index is -4.33. The van der Waals surface area contributed by atoms with E-state index in [1.54, 1.807) is 19.9 Å². The second-order valence-corrected chi connectivity index (χ2v) is 3.89. The average molecular weight is 300 g/mol. The van der Waals surface area contributed by atoms with E-state index in [1.807, 2.05) is 33.8 Å². The van der Waals surface area contributed by atoms with Crippen molar-refractivity contribution in [2.24, 2.45) is 0 Å². The van der Waals surface area contributed by atoms with Crippen molar-refractivity contribution in [2.45, 2.75) is 47.7 Å². The molecule has 0 saturated heterocycles. The van der Waals surface area contributed by atoms with Crippen molar-refractivity contribution in [3.8, 4) is 5.69 Å². The van der Waals surface area contributed by atoms with Crippen LogP contribution in [0.15, 0.2) is 30.3 Å². The molecule has 0 fully saturated rings. The molecule has 0 spiro atoms. The van der Waals surface area contributed by atoms with Gasteiger partial charge in [-0.05, 0) is 38.1 Å². The smallest absolute Gasteiger partial charge is 0.238 e. The fraction of sp³-hybridized carbons (Fsp3) is 0.438. The van der Waals surface area contributed by atoms with Gasteiger partial charge in [-0.25, -0.2) is 4.68 Å². The maximum atomic E-state index is 12.6. The lowest BCUT2D eigenvalue weighted by Gasteiger charge is -2.09. The van der Waals surface area contributed by atoms with E-state index in [2.05, 4.69) is 5.10 Å². The molecule has 0 N–H and O–H groups in total. The molecule has 118 valence electrons. The zero-order chi connectivity index (χ0) is 16.6. The van der Waals surface area contributed by atoms with Crippen LogP contribution in [-0.4, -0.2) is 9.78 Å². The summed E-state index contributed by atoms with van der Waals surface area (Å²) >= 11 is 0. The number of aryl methyl sites for hydroxylation is 2. The SMILES string of the molecule is CC.CC.Cc1cc(C)n(-c2cccc(C(F)(F)F)c2)n1. The van der Waals surface area contributed by atoms with Gasteiger partial charge in [-0.15, -0.1) is 0 Å². The first-order chi connectivity index (χ1) is 9.88. The molecule has 0 aliphatic carbocycles. The van der Waals surface area contributed by atoms with Gasteiger partial charge in [-0.3, -0.25) is 0 Å². The predicted molar refractivity (Wildman–Crippen MR) is 80.7 cm³/mol. The molecule has 2 aromatic rings. The van der Waals surface area contributed by atoms with Gasteiger partial charge in [0.2, 0.25) is 0 Å². The lowest BCUT2D eigenvalue weighted by molar-refractivity contribution is -0.137. The standard InChI is InChI=1S/C12H11F3N2.2C2H6/c1-8-6-9(2)17(16-8)11-5-3-4-10(7-11)12(13,14)15;2*1-2/h3-7H,1-2H3;2*1-2H3. The molecule has 0 radical (unpaired) electrons. The van der Waals surface area contributed by atoms with Crippen molar-refractivity contribution in [3.05, 3.63) is 47.3 Å². The summed E-state index contributed by atoms with van der Waals surface area (Å²) < 4.78 is 39.2. The lowest BCUT2D eigenvalue weighted by Crippen LogP contribution is -2.07. The number of rotatable bonds is 1. The summed E-state index contributed by atoms with van der Waals surface area (Å²) in [6.45, 7) is 11.6. The van der Waals surface area contributed by atoms with Gasteiger partial charge in [0.15, 0.2) is 0 Å². The molecule has 21 heavy (non-hydrogen) atoms. The first-order valence-electron chi connectivity index (χ1n) is 7.09. The Balaban J connectivity index is 0.000000921. The molecule has 1 aromatic heterocycles. The number of alkyl halides is 3. The van der Waals surface area contributed by atoms with Crippen LogP contribution in [0.5, 0.6) is 0 Å². The lowest BCUT2D eigenvalue weighted by atomic mass is 10.2. The van der Waals surface area contributed by atoms with E-state index in [9.17, 15) is 13.2 Å². The summed E-state index contributed by atoms with van der Waals surface area (Å²) in [5, 5.41) is 4.15. The van der Waals surface area contributed by atoms with Crippen LogP contribution < -0.4 is 0 Å².